The standard InChI is InChI=1S/C15H19N3/c16-9-12-1-3-13(4-2-12)10-18-8-6-15-14(11-18)5-7-17-15/h1-4,14-15,17H,5-8,10-11H2. The minimum Gasteiger partial charge on any atom is -0.314 e. The molecule has 0 spiro atoms. The Morgan fingerprint density at radius 2 is 2.11 bits per heavy atom. The van der Waals surface area contributed by atoms with Crippen LogP contribution in [-0.4, -0.2) is 30.6 Å². The van der Waals surface area contributed by atoms with E-state index in [4.69, 9.17) is 5.26 Å². The normalized spacial score (nSPS) is 27.7. The molecule has 2 unspecified atom stereocenters. The van der Waals surface area contributed by atoms with Crippen molar-refractivity contribution >= 4 is 0 Å². The zero-order valence-electron chi connectivity index (χ0n) is 10.6. The van der Waals surface area contributed by atoms with E-state index >= 15 is 0 Å². The Morgan fingerprint density at radius 1 is 1.28 bits per heavy atom. The summed E-state index contributed by atoms with van der Waals surface area (Å²) in [6.07, 6.45) is 2.61. The molecule has 3 rings (SSSR count). The predicted molar refractivity (Wildman–Crippen MR) is 70.9 cm³/mol. The maximum atomic E-state index is 8.79. The number of nitriles is 1. The molecule has 0 radical (unpaired) electrons. The molecule has 1 aromatic carbocycles. The average Bonchev–Trinajstić information content (AvgIpc) is 2.87. The molecule has 2 heterocycles. The lowest BCUT2D eigenvalue weighted by molar-refractivity contribution is 0.156. The Morgan fingerprint density at radius 3 is 2.89 bits per heavy atom. The van der Waals surface area contributed by atoms with Crippen molar-refractivity contribution in [2.24, 2.45) is 5.92 Å². The van der Waals surface area contributed by atoms with Gasteiger partial charge in [0.1, 0.15) is 0 Å². The number of hydrogen-bond acceptors (Lipinski definition) is 3. The summed E-state index contributed by atoms with van der Waals surface area (Å²) in [5.74, 6) is 0.845. The molecule has 3 nitrogen and oxygen atoms in total. The van der Waals surface area contributed by atoms with Crippen LogP contribution < -0.4 is 5.32 Å². The second-order valence-electron chi connectivity index (χ2n) is 5.44. The van der Waals surface area contributed by atoms with Crippen molar-refractivity contribution in [3.05, 3.63) is 35.4 Å². The fourth-order valence-electron chi connectivity index (χ4n) is 3.21. The molecule has 2 aliphatic rings. The fourth-order valence-corrected chi connectivity index (χ4v) is 3.21. The molecule has 0 amide bonds. The first-order valence-electron chi connectivity index (χ1n) is 6.80. The maximum absolute atomic E-state index is 8.79. The lowest BCUT2D eigenvalue weighted by Crippen LogP contribution is -2.43. The minimum atomic E-state index is 0.748. The van der Waals surface area contributed by atoms with Gasteiger partial charge < -0.3 is 5.32 Å². The van der Waals surface area contributed by atoms with Crippen molar-refractivity contribution in [1.29, 1.82) is 5.26 Å². The Labute approximate surface area is 108 Å². The van der Waals surface area contributed by atoms with Crippen LogP contribution in [0.25, 0.3) is 0 Å². The van der Waals surface area contributed by atoms with Gasteiger partial charge in [-0.15, -0.1) is 0 Å². The van der Waals surface area contributed by atoms with Gasteiger partial charge in [0, 0.05) is 19.1 Å². The van der Waals surface area contributed by atoms with E-state index in [9.17, 15) is 0 Å². The van der Waals surface area contributed by atoms with E-state index in [1.54, 1.807) is 0 Å². The van der Waals surface area contributed by atoms with E-state index in [2.05, 4.69) is 28.4 Å². The Kier molecular flexibility index (Phi) is 3.31. The summed E-state index contributed by atoms with van der Waals surface area (Å²) in [5.41, 5.74) is 2.07. The molecule has 0 aromatic heterocycles. The van der Waals surface area contributed by atoms with Crippen molar-refractivity contribution in [3.63, 3.8) is 0 Å². The van der Waals surface area contributed by atoms with Crippen LogP contribution in [0.15, 0.2) is 24.3 Å². The van der Waals surface area contributed by atoms with Gasteiger partial charge in [0.05, 0.1) is 11.6 Å². The van der Waals surface area contributed by atoms with Gasteiger partial charge in [-0.1, -0.05) is 12.1 Å². The fraction of sp³-hybridized carbons (Fsp3) is 0.533. The molecule has 1 N–H and O–H groups in total. The summed E-state index contributed by atoms with van der Waals surface area (Å²) in [4.78, 5) is 2.55. The number of likely N-dealkylation sites (tertiary alicyclic amines) is 1. The van der Waals surface area contributed by atoms with Crippen molar-refractivity contribution in [2.45, 2.75) is 25.4 Å². The smallest absolute Gasteiger partial charge is 0.0991 e. The number of hydrogen-bond donors (Lipinski definition) is 1. The monoisotopic (exact) mass is 241 g/mol. The molecule has 0 aliphatic carbocycles. The largest absolute Gasteiger partial charge is 0.314 e. The van der Waals surface area contributed by atoms with Gasteiger partial charge in [0.15, 0.2) is 0 Å². The maximum Gasteiger partial charge on any atom is 0.0991 e. The van der Waals surface area contributed by atoms with E-state index in [0.717, 1.165) is 24.1 Å². The molecular formula is C15H19N3. The first-order valence-corrected chi connectivity index (χ1v) is 6.80. The van der Waals surface area contributed by atoms with Crippen LogP contribution in [0.2, 0.25) is 0 Å². The number of piperidine rings is 1. The van der Waals surface area contributed by atoms with Crippen molar-refractivity contribution in [1.82, 2.24) is 10.2 Å². The quantitative estimate of drug-likeness (QED) is 0.857. The van der Waals surface area contributed by atoms with Crippen molar-refractivity contribution < 1.29 is 0 Å². The van der Waals surface area contributed by atoms with E-state index < -0.39 is 0 Å². The highest BCUT2D eigenvalue weighted by atomic mass is 15.2. The van der Waals surface area contributed by atoms with E-state index in [0.29, 0.717) is 0 Å². The Bertz CT molecular complexity index is 446. The van der Waals surface area contributed by atoms with Gasteiger partial charge in [-0.3, -0.25) is 4.90 Å². The lowest BCUT2D eigenvalue weighted by atomic mass is 9.93. The predicted octanol–water partition coefficient (Wildman–Crippen LogP) is 1.74. The summed E-state index contributed by atoms with van der Waals surface area (Å²) in [6.45, 7) is 4.63. The summed E-state index contributed by atoms with van der Waals surface area (Å²) < 4.78 is 0. The molecule has 2 aliphatic heterocycles. The van der Waals surface area contributed by atoms with Crippen LogP contribution in [-0.2, 0) is 6.54 Å². The van der Waals surface area contributed by atoms with Gasteiger partial charge in [0.2, 0.25) is 0 Å². The topological polar surface area (TPSA) is 39.1 Å². The van der Waals surface area contributed by atoms with Crippen LogP contribution in [0.4, 0.5) is 0 Å². The first kappa shape index (κ1) is 11.7. The second kappa shape index (κ2) is 5.09. The number of nitrogens with one attached hydrogen (secondary N) is 1. The number of fused-ring (bicyclic) bond motifs is 1. The molecule has 2 saturated heterocycles. The van der Waals surface area contributed by atoms with Crippen LogP contribution in [0.5, 0.6) is 0 Å². The van der Waals surface area contributed by atoms with Crippen LogP contribution >= 0.6 is 0 Å². The average molecular weight is 241 g/mol. The third-order valence-corrected chi connectivity index (χ3v) is 4.23. The molecular weight excluding hydrogens is 222 g/mol. The van der Waals surface area contributed by atoms with Gasteiger partial charge >= 0.3 is 0 Å². The highest BCUT2D eigenvalue weighted by Gasteiger charge is 2.32. The van der Waals surface area contributed by atoms with Crippen LogP contribution in [0, 0.1) is 17.2 Å². The van der Waals surface area contributed by atoms with Crippen LogP contribution in [0.1, 0.15) is 24.0 Å². The molecule has 2 atom stereocenters. The molecule has 3 heteroatoms. The highest BCUT2D eigenvalue weighted by Crippen LogP contribution is 2.25. The lowest BCUT2D eigenvalue weighted by Gasteiger charge is -2.34. The highest BCUT2D eigenvalue weighted by molar-refractivity contribution is 5.31. The third-order valence-electron chi connectivity index (χ3n) is 4.23. The zero-order valence-corrected chi connectivity index (χ0v) is 10.6. The summed E-state index contributed by atoms with van der Waals surface area (Å²) in [5, 5.41) is 12.4. The van der Waals surface area contributed by atoms with Gasteiger partial charge in [0.25, 0.3) is 0 Å². The third kappa shape index (κ3) is 2.40. The Hall–Kier alpha value is -1.37. The molecule has 1 aromatic rings. The molecule has 18 heavy (non-hydrogen) atoms. The van der Waals surface area contributed by atoms with Gasteiger partial charge in [-0.05, 0) is 49.5 Å². The summed E-state index contributed by atoms with van der Waals surface area (Å²) in [6, 6.07) is 10.9. The summed E-state index contributed by atoms with van der Waals surface area (Å²) >= 11 is 0. The molecule has 0 bridgehead atoms. The van der Waals surface area contributed by atoms with Crippen molar-refractivity contribution in [3.8, 4) is 6.07 Å². The zero-order chi connectivity index (χ0) is 12.4. The van der Waals surface area contributed by atoms with Gasteiger partial charge in [-0.2, -0.15) is 5.26 Å². The number of benzene rings is 1. The molecule has 94 valence electrons. The number of rotatable bonds is 2. The molecule has 2 fully saturated rings. The van der Waals surface area contributed by atoms with Crippen LogP contribution in [0.3, 0.4) is 0 Å². The molecule has 0 saturated carbocycles. The number of nitrogens with zero attached hydrogens (tertiary/aromatic N) is 2. The summed E-state index contributed by atoms with van der Waals surface area (Å²) in [7, 11) is 0. The van der Waals surface area contributed by atoms with E-state index in [1.165, 1.54) is 38.0 Å². The van der Waals surface area contributed by atoms with Crippen molar-refractivity contribution in [2.75, 3.05) is 19.6 Å². The van der Waals surface area contributed by atoms with E-state index in [-0.39, 0.29) is 0 Å². The SMILES string of the molecule is N#Cc1ccc(CN2CCC3NCCC3C2)cc1. The second-order valence-corrected chi connectivity index (χ2v) is 5.44. The minimum absolute atomic E-state index is 0.748. The van der Waals surface area contributed by atoms with E-state index in [1.807, 2.05) is 12.1 Å². The van der Waals surface area contributed by atoms with Gasteiger partial charge in [-0.25, -0.2) is 0 Å². The Balaban J connectivity index is 1.60. The first-order chi connectivity index (χ1) is 8.85.